The minimum Gasteiger partial charge on any atom is -0.463 e. The number of fused-ring (bicyclic) bond motifs is 7. The molecule has 1 aliphatic heterocycles. The summed E-state index contributed by atoms with van der Waals surface area (Å²) in [7, 11) is 0. The molecule has 1 saturated heterocycles. The van der Waals surface area contributed by atoms with E-state index in [0.717, 1.165) is 43.0 Å². The van der Waals surface area contributed by atoms with Crippen LogP contribution in [0.1, 0.15) is 96.3 Å². The molecule has 13 atom stereocenters. The lowest BCUT2D eigenvalue weighted by Crippen LogP contribution is -2.60. The zero-order valence-electron chi connectivity index (χ0n) is 26.7. The molecule has 0 amide bonds. The third-order valence-corrected chi connectivity index (χ3v) is 14.3. The molecular formula is C37H51IO5. The molecule has 5 fully saturated rings. The molecule has 5 nitrogen and oxygen atoms in total. The number of carbonyl (C=O) groups excluding carboxylic acids is 2. The van der Waals surface area contributed by atoms with E-state index in [2.05, 4.69) is 56.9 Å². The minimum atomic E-state index is -0.195. The van der Waals surface area contributed by atoms with Crippen LogP contribution in [0.4, 0.5) is 0 Å². The maximum Gasteiger partial charge on any atom is 0.338 e. The van der Waals surface area contributed by atoms with Crippen molar-refractivity contribution < 1.29 is 23.8 Å². The molecular weight excluding hydrogens is 651 g/mol. The highest BCUT2D eigenvalue weighted by Gasteiger charge is 2.69. The second-order valence-corrected chi connectivity index (χ2v) is 16.2. The van der Waals surface area contributed by atoms with Crippen molar-refractivity contribution in [2.24, 2.45) is 52.3 Å². The monoisotopic (exact) mass is 702 g/mol. The van der Waals surface area contributed by atoms with E-state index in [1.54, 1.807) is 0 Å². The number of esters is 2. The lowest BCUT2D eigenvalue weighted by molar-refractivity contribution is -0.181. The third-order valence-electron chi connectivity index (χ3n) is 13.3. The number of halogens is 1. The van der Waals surface area contributed by atoms with Crippen LogP contribution < -0.4 is 0 Å². The van der Waals surface area contributed by atoms with Crippen LogP contribution in [-0.2, 0) is 19.0 Å². The largest absolute Gasteiger partial charge is 0.463 e. The van der Waals surface area contributed by atoms with Gasteiger partial charge in [0.25, 0.3) is 0 Å². The Labute approximate surface area is 272 Å². The van der Waals surface area contributed by atoms with Gasteiger partial charge in [-0.3, -0.25) is 4.79 Å². The smallest absolute Gasteiger partial charge is 0.338 e. The van der Waals surface area contributed by atoms with Gasteiger partial charge in [-0.25, -0.2) is 4.79 Å². The quantitative estimate of drug-likeness (QED) is 0.124. The Kier molecular flexibility index (Phi) is 8.86. The number of alkyl halides is 1. The van der Waals surface area contributed by atoms with Crippen LogP contribution in [0.5, 0.6) is 0 Å². The van der Waals surface area contributed by atoms with Gasteiger partial charge in [0.1, 0.15) is 12.2 Å². The summed E-state index contributed by atoms with van der Waals surface area (Å²) in [6, 6.07) is 9.53. The average molecular weight is 703 g/mol. The van der Waals surface area contributed by atoms with Crippen LogP contribution in [0.25, 0.3) is 0 Å². The van der Waals surface area contributed by atoms with E-state index in [0.29, 0.717) is 47.0 Å². The Morgan fingerprint density at radius 2 is 1.79 bits per heavy atom. The fraction of sp³-hybridized carbons (Fsp3) is 0.730. The summed E-state index contributed by atoms with van der Waals surface area (Å²) >= 11 is 2.49. The van der Waals surface area contributed by atoms with E-state index in [4.69, 9.17) is 14.2 Å². The molecule has 0 N–H and O–H groups in total. The van der Waals surface area contributed by atoms with Crippen LogP contribution in [0, 0.1) is 52.3 Å². The standard InChI is InChI=1S/C37H51IO5/c1-21(2)25(20-38)16-31-22(3)34-32(42-31)18-30-28-13-12-26-17-27(41-23(4)39)14-15-36(26,5)29(28)19-33(37(30,34)6)43-35(40)24-10-8-7-9-11-24/h7-11,22,25-34H,1,12-20H2,2-6H3/t22-,25+,26+,27+,28-,29+,30+,31-,32+,33-,34+,36+,37-/m1/s1. The molecule has 5 aliphatic rings. The van der Waals surface area contributed by atoms with Crippen LogP contribution in [-0.4, -0.2) is 40.8 Å². The summed E-state index contributed by atoms with van der Waals surface area (Å²) in [6.45, 7) is 15.3. The van der Waals surface area contributed by atoms with E-state index in [-0.39, 0.29) is 47.2 Å². The van der Waals surface area contributed by atoms with Gasteiger partial charge >= 0.3 is 11.9 Å². The molecule has 0 unspecified atom stereocenters. The van der Waals surface area contributed by atoms with Crippen molar-refractivity contribution in [3.63, 3.8) is 0 Å². The predicted octanol–water partition coefficient (Wildman–Crippen LogP) is 8.44. The average Bonchev–Trinajstić information content (AvgIpc) is 3.45. The van der Waals surface area contributed by atoms with Gasteiger partial charge in [0, 0.05) is 16.8 Å². The summed E-state index contributed by atoms with van der Waals surface area (Å²) in [5, 5.41) is 0. The molecule has 6 rings (SSSR count). The van der Waals surface area contributed by atoms with Crippen LogP contribution in [0.15, 0.2) is 42.5 Å². The lowest BCUT2D eigenvalue weighted by Gasteiger charge is -2.62. The molecule has 236 valence electrons. The molecule has 1 aromatic carbocycles. The Morgan fingerprint density at radius 3 is 2.47 bits per heavy atom. The number of allylic oxidation sites excluding steroid dienone is 1. The summed E-state index contributed by atoms with van der Waals surface area (Å²) < 4.78 is 20.5. The van der Waals surface area contributed by atoms with Gasteiger partial charge in [0.05, 0.1) is 17.8 Å². The zero-order chi connectivity index (χ0) is 30.7. The SMILES string of the molecule is C=C(C)[C@H](CI)C[C@H]1O[C@H]2C[C@H]3[C@@H]4CC[C@H]5C[C@@H](OC(C)=O)CC[C@]5(C)[C@H]4C[C@@H](OC(=O)c4ccccc4)[C@]3(C)[C@H]2[C@@H]1C. The molecule has 0 aromatic heterocycles. The second kappa shape index (κ2) is 12.1. The fourth-order valence-electron chi connectivity index (χ4n) is 11.1. The zero-order valence-corrected chi connectivity index (χ0v) is 28.9. The second-order valence-electron chi connectivity index (χ2n) is 15.3. The molecule has 1 heterocycles. The summed E-state index contributed by atoms with van der Waals surface area (Å²) in [6.07, 6.45) is 8.72. The van der Waals surface area contributed by atoms with E-state index < -0.39 is 0 Å². The number of ether oxygens (including phenoxy) is 3. The maximum atomic E-state index is 13.7. The van der Waals surface area contributed by atoms with Gasteiger partial charge in [0.15, 0.2) is 0 Å². The molecule has 6 heteroatoms. The van der Waals surface area contributed by atoms with Gasteiger partial charge in [-0.1, -0.05) is 73.7 Å². The molecule has 4 aliphatic carbocycles. The third kappa shape index (κ3) is 5.42. The molecule has 0 bridgehead atoms. The number of hydrogen-bond donors (Lipinski definition) is 0. The van der Waals surface area contributed by atoms with E-state index >= 15 is 0 Å². The van der Waals surface area contributed by atoms with Gasteiger partial charge < -0.3 is 14.2 Å². The first-order valence-corrected chi connectivity index (χ1v) is 18.3. The highest BCUT2D eigenvalue weighted by Crippen LogP contribution is 2.70. The Balaban J connectivity index is 1.31. The van der Waals surface area contributed by atoms with E-state index in [9.17, 15) is 9.59 Å². The highest BCUT2D eigenvalue weighted by molar-refractivity contribution is 14.1. The van der Waals surface area contributed by atoms with Crippen molar-refractivity contribution in [2.75, 3.05) is 4.43 Å². The Bertz CT molecular complexity index is 1220. The Morgan fingerprint density at radius 1 is 1.05 bits per heavy atom. The first-order chi connectivity index (χ1) is 20.5. The van der Waals surface area contributed by atoms with Gasteiger partial charge in [-0.15, -0.1) is 0 Å². The maximum absolute atomic E-state index is 13.7. The molecule has 43 heavy (non-hydrogen) atoms. The van der Waals surface area contributed by atoms with Crippen molar-refractivity contribution in [1.29, 1.82) is 0 Å². The van der Waals surface area contributed by atoms with Crippen molar-refractivity contribution >= 4 is 34.5 Å². The van der Waals surface area contributed by atoms with Crippen molar-refractivity contribution in [1.82, 2.24) is 0 Å². The fourth-order valence-corrected chi connectivity index (χ4v) is 12.2. The number of carbonyl (C=O) groups is 2. The normalized spacial score (nSPS) is 43.9. The minimum absolute atomic E-state index is 0.0373. The molecule has 0 spiro atoms. The van der Waals surface area contributed by atoms with Crippen molar-refractivity contribution in [3.05, 3.63) is 48.0 Å². The van der Waals surface area contributed by atoms with E-state index in [1.807, 2.05) is 30.3 Å². The number of rotatable bonds is 7. The summed E-state index contributed by atoms with van der Waals surface area (Å²) in [5.74, 6) is 3.01. The van der Waals surface area contributed by atoms with Crippen molar-refractivity contribution in [3.8, 4) is 0 Å². The van der Waals surface area contributed by atoms with E-state index in [1.165, 1.54) is 25.3 Å². The van der Waals surface area contributed by atoms with Gasteiger partial charge in [0.2, 0.25) is 0 Å². The van der Waals surface area contributed by atoms with Crippen LogP contribution in [0.3, 0.4) is 0 Å². The first-order valence-electron chi connectivity index (χ1n) is 16.8. The van der Waals surface area contributed by atoms with Gasteiger partial charge in [-0.2, -0.15) is 0 Å². The predicted molar refractivity (Wildman–Crippen MR) is 177 cm³/mol. The number of hydrogen-bond acceptors (Lipinski definition) is 5. The Hall–Kier alpha value is -1.41. The molecule has 0 radical (unpaired) electrons. The van der Waals surface area contributed by atoms with Crippen molar-refractivity contribution in [2.45, 2.75) is 110 Å². The first kappa shape index (κ1) is 31.6. The highest BCUT2D eigenvalue weighted by atomic mass is 127. The van der Waals surface area contributed by atoms with Crippen LogP contribution in [0.2, 0.25) is 0 Å². The summed E-state index contributed by atoms with van der Waals surface area (Å²) in [4.78, 5) is 25.5. The topological polar surface area (TPSA) is 61.8 Å². The number of benzene rings is 1. The molecule has 4 saturated carbocycles. The molecule has 1 aromatic rings. The van der Waals surface area contributed by atoms with Crippen LogP contribution >= 0.6 is 22.6 Å². The van der Waals surface area contributed by atoms with Gasteiger partial charge in [-0.05, 0) is 117 Å². The lowest BCUT2D eigenvalue weighted by atomic mass is 9.43. The summed E-state index contributed by atoms with van der Waals surface area (Å²) in [5.41, 5.74) is 1.93.